The fourth-order valence-corrected chi connectivity index (χ4v) is 4.49. The number of primary sulfonamides is 1. The lowest BCUT2D eigenvalue weighted by Gasteiger charge is -2.37. The number of sulfonamides is 1. The normalized spacial score (nSPS) is 20.2. The van der Waals surface area contributed by atoms with Crippen LogP contribution in [0.15, 0.2) is 71.3 Å². The first-order chi connectivity index (χ1) is 15.7. The predicted molar refractivity (Wildman–Crippen MR) is 120 cm³/mol. The fourth-order valence-electron chi connectivity index (χ4n) is 3.98. The lowest BCUT2D eigenvalue weighted by Crippen LogP contribution is -2.65. The molecule has 0 spiro atoms. The van der Waals surface area contributed by atoms with E-state index in [2.05, 4.69) is 10.6 Å². The van der Waals surface area contributed by atoms with E-state index in [-0.39, 0.29) is 11.4 Å². The Hall–Kier alpha value is -3.70. The van der Waals surface area contributed by atoms with E-state index in [9.17, 15) is 22.8 Å². The van der Waals surface area contributed by atoms with Crippen molar-refractivity contribution in [3.05, 3.63) is 71.9 Å². The van der Waals surface area contributed by atoms with Crippen molar-refractivity contribution in [3.63, 3.8) is 0 Å². The average molecular weight is 470 g/mol. The van der Waals surface area contributed by atoms with Crippen molar-refractivity contribution in [2.24, 2.45) is 5.14 Å². The highest BCUT2D eigenvalue weighted by molar-refractivity contribution is 7.89. The van der Waals surface area contributed by atoms with Gasteiger partial charge in [0.2, 0.25) is 10.0 Å². The number of nitrogens with zero attached hydrogens (tertiary/aromatic N) is 2. The van der Waals surface area contributed by atoms with Gasteiger partial charge in [0.15, 0.2) is 0 Å². The van der Waals surface area contributed by atoms with Crippen LogP contribution in [-0.4, -0.2) is 56.8 Å². The second kappa shape index (κ2) is 8.68. The molecule has 2 aromatic carbocycles. The fraction of sp³-hybridized carbons (Fsp3) is 0.227. The minimum atomic E-state index is -3.76. The van der Waals surface area contributed by atoms with Crippen LogP contribution >= 0.6 is 0 Å². The lowest BCUT2D eigenvalue weighted by atomic mass is 9.99. The van der Waals surface area contributed by atoms with E-state index in [1.165, 1.54) is 12.1 Å². The summed E-state index contributed by atoms with van der Waals surface area (Å²) in [5.74, 6) is -0.803. The summed E-state index contributed by atoms with van der Waals surface area (Å²) in [4.78, 5) is 41.3. The number of amides is 4. The second-order valence-electron chi connectivity index (χ2n) is 7.83. The van der Waals surface area contributed by atoms with Crippen LogP contribution < -0.4 is 20.7 Å². The number of carbonyl (C=O) groups is 3. The standard InChI is InChI=1S/C22H23N5O5S/c1-26-13-17(20(28)24-12-11-14-7-9-16(10-8-14)33(23,31)32)18-19(26)21(29)27(22(30)25-18)15-5-3-2-4-6-15/h2-10,13,18-19H,11-12H2,1H3,(H,24,28)(H,25,30)(H2,23,31,32). The molecule has 2 aromatic rings. The van der Waals surface area contributed by atoms with Gasteiger partial charge in [0.1, 0.15) is 6.04 Å². The summed E-state index contributed by atoms with van der Waals surface area (Å²) in [6.07, 6.45) is 2.03. The van der Waals surface area contributed by atoms with Gasteiger partial charge in [-0.1, -0.05) is 30.3 Å². The first kappa shape index (κ1) is 22.5. The molecule has 4 amide bonds. The van der Waals surface area contributed by atoms with E-state index in [4.69, 9.17) is 5.14 Å². The van der Waals surface area contributed by atoms with E-state index in [0.29, 0.717) is 17.7 Å². The molecule has 0 saturated carbocycles. The number of likely N-dealkylation sites (N-methyl/N-ethyl adjacent to an activating group) is 1. The first-order valence-electron chi connectivity index (χ1n) is 10.2. The molecule has 0 bridgehead atoms. The summed E-state index contributed by atoms with van der Waals surface area (Å²) in [7, 11) is -2.08. The zero-order valence-corrected chi connectivity index (χ0v) is 18.6. The second-order valence-corrected chi connectivity index (χ2v) is 9.39. The average Bonchev–Trinajstić information content (AvgIpc) is 3.10. The molecule has 2 aliphatic rings. The van der Waals surface area contributed by atoms with Crippen molar-refractivity contribution >= 4 is 33.6 Å². The van der Waals surface area contributed by atoms with E-state index >= 15 is 0 Å². The third kappa shape index (κ3) is 4.45. The number of nitrogens with one attached hydrogen (secondary N) is 2. The third-order valence-electron chi connectivity index (χ3n) is 5.62. The van der Waals surface area contributed by atoms with E-state index in [1.807, 2.05) is 0 Å². The highest BCUT2D eigenvalue weighted by atomic mass is 32.2. The topological polar surface area (TPSA) is 142 Å². The van der Waals surface area contributed by atoms with Gasteiger partial charge in [0.05, 0.1) is 22.2 Å². The maximum atomic E-state index is 13.1. The summed E-state index contributed by atoms with van der Waals surface area (Å²) in [5, 5.41) is 10.7. The molecule has 2 aliphatic heterocycles. The van der Waals surface area contributed by atoms with E-state index in [0.717, 1.165) is 10.5 Å². The zero-order valence-electron chi connectivity index (χ0n) is 17.8. The van der Waals surface area contributed by atoms with Crippen molar-refractivity contribution < 1.29 is 22.8 Å². The Morgan fingerprint density at radius 1 is 1.09 bits per heavy atom. The number of hydrogen-bond donors (Lipinski definition) is 3. The van der Waals surface area contributed by atoms with Gasteiger partial charge in [-0.2, -0.15) is 0 Å². The highest BCUT2D eigenvalue weighted by Gasteiger charge is 2.49. The van der Waals surface area contributed by atoms with Gasteiger partial charge in [-0.3, -0.25) is 9.59 Å². The van der Waals surface area contributed by atoms with Gasteiger partial charge in [-0.05, 0) is 36.2 Å². The smallest absolute Gasteiger partial charge is 0.329 e. The number of imide groups is 1. The monoisotopic (exact) mass is 469 g/mol. The van der Waals surface area contributed by atoms with Crippen LogP contribution in [-0.2, 0) is 26.0 Å². The van der Waals surface area contributed by atoms with Gasteiger partial charge in [0, 0.05) is 19.8 Å². The van der Waals surface area contributed by atoms with Crippen LogP contribution in [0, 0.1) is 0 Å². The molecule has 0 radical (unpaired) electrons. The minimum absolute atomic E-state index is 0.0164. The van der Waals surface area contributed by atoms with E-state index < -0.39 is 40.0 Å². The molecule has 11 heteroatoms. The zero-order chi connectivity index (χ0) is 23.8. The Kier molecular flexibility index (Phi) is 5.91. The Bertz CT molecular complexity index is 1230. The Morgan fingerprint density at radius 3 is 2.39 bits per heavy atom. The molecule has 0 aliphatic carbocycles. The van der Waals surface area contributed by atoms with Crippen LogP contribution in [0.4, 0.5) is 10.5 Å². The molecule has 4 N–H and O–H groups in total. The first-order valence-corrected chi connectivity index (χ1v) is 11.7. The molecular formula is C22H23N5O5S. The van der Waals surface area contributed by atoms with Crippen molar-refractivity contribution in [1.82, 2.24) is 15.5 Å². The largest absolute Gasteiger partial charge is 0.366 e. The van der Waals surface area contributed by atoms with E-state index in [1.54, 1.807) is 60.6 Å². The summed E-state index contributed by atoms with van der Waals surface area (Å²) in [5.41, 5.74) is 1.57. The molecule has 0 aromatic heterocycles. The van der Waals surface area contributed by atoms with Crippen LogP contribution in [0.1, 0.15) is 5.56 Å². The number of anilines is 1. The van der Waals surface area contributed by atoms with Crippen molar-refractivity contribution in [2.45, 2.75) is 23.4 Å². The number of carbonyl (C=O) groups excluding carboxylic acids is 3. The van der Waals surface area contributed by atoms with Crippen LogP contribution in [0.5, 0.6) is 0 Å². The number of fused-ring (bicyclic) bond motifs is 1. The molecule has 10 nitrogen and oxygen atoms in total. The van der Waals surface area contributed by atoms with Gasteiger partial charge in [0.25, 0.3) is 11.8 Å². The number of nitrogens with two attached hydrogens (primary N) is 1. The summed E-state index contributed by atoms with van der Waals surface area (Å²) in [6.45, 7) is 0.282. The maximum Gasteiger partial charge on any atom is 0.329 e. The molecule has 2 heterocycles. The molecule has 2 atom stereocenters. The highest BCUT2D eigenvalue weighted by Crippen LogP contribution is 2.29. The maximum absolute atomic E-state index is 13.1. The van der Waals surface area contributed by atoms with Crippen molar-refractivity contribution in [3.8, 4) is 0 Å². The van der Waals surface area contributed by atoms with Gasteiger partial charge >= 0.3 is 6.03 Å². The number of hydrogen-bond acceptors (Lipinski definition) is 6. The van der Waals surface area contributed by atoms with Crippen LogP contribution in [0.25, 0.3) is 0 Å². The van der Waals surface area contributed by atoms with Gasteiger partial charge in [-0.15, -0.1) is 0 Å². The minimum Gasteiger partial charge on any atom is -0.366 e. The Labute approximate surface area is 191 Å². The number of urea groups is 1. The van der Waals surface area contributed by atoms with Crippen molar-refractivity contribution in [2.75, 3.05) is 18.5 Å². The molecular weight excluding hydrogens is 446 g/mol. The van der Waals surface area contributed by atoms with Gasteiger partial charge < -0.3 is 15.5 Å². The summed E-state index contributed by atoms with van der Waals surface area (Å²) >= 11 is 0. The molecule has 1 fully saturated rings. The molecule has 172 valence electrons. The van der Waals surface area contributed by atoms with Crippen LogP contribution in [0.3, 0.4) is 0 Å². The van der Waals surface area contributed by atoms with Crippen molar-refractivity contribution in [1.29, 1.82) is 0 Å². The summed E-state index contributed by atoms with van der Waals surface area (Å²) < 4.78 is 22.7. The number of rotatable bonds is 6. The quantitative estimate of drug-likeness (QED) is 0.556. The summed E-state index contributed by atoms with van der Waals surface area (Å²) in [6, 6.07) is 12.6. The number of para-hydroxylation sites is 1. The van der Waals surface area contributed by atoms with Gasteiger partial charge in [-0.25, -0.2) is 23.3 Å². The molecule has 1 saturated heterocycles. The number of benzene rings is 2. The Morgan fingerprint density at radius 2 is 1.76 bits per heavy atom. The molecule has 2 unspecified atom stereocenters. The van der Waals surface area contributed by atoms with Crippen LogP contribution in [0.2, 0.25) is 0 Å². The molecule has 4 rings (SSSR count). The lowest BCUT2D eigenvalue weighted by molar-refractivity contribution is -0.122. The predicted octanol–water partition coefficient (Wildman–Crippen LogP) is 0.316. The Balaban J connectivity index is 1.40. The molecule has 33 heavy (non-hydrogen) atoms. The SMILES string of the molecule is CN1C=C(C(=O)NCCc2ccc(S(N)(=O)=O)cc2)C2NC(=O)N(c3ccccc3)C(=O)C21. The third-order valence-corrected chi connectivity index (χ3v) is 6.54.